The van der Waals surface area contributed by atoms with Gasteiger partial charge in [-0.15, -0.1) is 11.3 Å². The van der Waals surface area contributed by atoms with Gasteiger partial charge in [-0.3, -0.25) is 4.68 Å². The van der Waals surface area contributed by atoms with Crippen LogP contribution in [0.5, 0.6) is 0 Å². The van der Waals surface area contributed by atoms with Crippen LogP contribution in [0.15, 0.2) is 41.8 Å². The molecule has 3 aromatic rings. The highest BCUT2D eigenvalue weighted by atomic mass is 35.5. The van der Waals surface area contributed by atoms with Crippen molar-refractivity contribution in [3.05, 3.63) is 63.6 Å². The predicted molar refractivity (Wildman–Crippen MR) is 91.5 cm³/mol. The Hall–Kier alpha value is -1.62. The van der Waals surface area contributed by atoms with E-state index in [9.17, 15) is 0 Å². The van der Waals surface area contributed by atoms with Crippen molar-refractivity contribution in [3.63, 3.8) is 0 Å². The normalized spacial score (nSPS) is 14.0. The zero-order valence-electron chi connectivity index (χ0n) is 12.1. The van der Waals surface area contributed by atoms with Gasteiger partial charge in [-0.1, -0.05) is 29.8 Å². The second kappa shape index (κ2) is 5.88. The van der Waals surface area contributed by atoms with Crippen molar-refractivity contribution in [2.45, 2.75) is 19.5 Å². The lowest BCUT2D eigenvalue weighted by molar-refractivity contribution is 0.582. The van der Waals surface area contributed by atoms with Gasteiger partial charge in [0.15, 0.2) is 0 Å². The van der Waals surface area contributed by atoms with E-state index in [1.165, 1.54) is 21.7 Å². The summed E-state index contributed by atoms with van der Waals surface area (Å²) in [5, 5.41) is 11.2. The van der Waals surface area contributed by atoms with E-state index in [0.717, 1.165) is 36.8 Å². The molecule has 0 fully saturated rings. The second-order valence-electron chi connectivity index (χ2n) is 5.46. The summed E-state index contributed by atoms with van der Waals surface area (Å²) in [5.41, 5.74) is 5.07. The highest BCUT2D eigenvalue weighted by molar-refractivity contribution is 7.13. The van der Waals surface area contributed by atoms with Gasteiger partial charge in [-0.2, -0.15) is 5.10 Å². The number of thiophene rings is 1. The van der Waals surface area contributed by atoms with Crippen molar-refractivity contribution < 1.29 is 0 Å². The maximum Gasteiger partial charge on any atom is 0.107 e. The van der Waals surface area contributed by atoms with Gasteiger partial charge < -0.3 is 5.32 Å². The van der Waals surface area contributed by atoms with E-state index in [4.69, 9.17) is 16.7 Å². The molecule has 0 saturated heterocycles. The van der Waals surface area contributed by atoms with E-state index in [1.807, 2.05) is 12.1 Å². The van der Waals surface area contributed by atoms with Gasteiger partial charge in [0.05, 0.1) is 11.4 Å². The van der Waals surface area contributed by atoms with Gasteiger partial charge in [0, 0.05) is 35.8 Å². The molecule has 1 aliphatic rings. The second-order valence-corrected chi connectivity index (χ2v) is 6.85. The Kier molecular flexibility index (Phi) is 3.74. The minimum Gasteiger partial charge on any atom is -0.312 e. The summed E-state index contributed by atoms with van der Waals surface area (Å²) in [6, 6.07) is 12.3. The summed E-state index contributed by atoms with van der Waals surface area (Å²) in [6.07, 6.45) is 1.03. The third-order valence-electron chi connectivity index (χ3n) is 4.01. The number of nitrogens with one attached hydrogen (secondary N) is 1. The topological polar surface area (TPSA) is 29.9 Å². The van der Waals surface area contributed by atoms with Crippen LogP contribution < -0.4 is 5.32 Å². The molecule has 0 atom stereocenters. The largest absolute Gasteiger partial charge is 0.312 e. The van der Waals surface area contributed by atoms with E-state index in [1.54, 1.807) is 11.3 Å². The maximum absolute atomic E-state index is 5.97. The number of fused-ring (bicyclic) bond motifs is 1. The maximum atomic E-state index is 5.97. The monoisotopic (exact) mass is 329 g/mol. The van der Waals surface area contributed by atoms with Crippen molar-refractivity contribution in [2.24, 2.45) is 0 Å². The number of hydrogen-bond donors (Lipinski definition) is 1. The molecule has 22 heavy (non-hydrogen) atoms. The molecule has 0 amide bonds. The summed E-state index contributed by atoms with van der Waals surface area (Å²) >= 11 is 7.72. The molecule has 0 spiro atoms. The molecule has 112 valence electrons. The van der Waals surface area contributed by atoms with Gasteiger partial charge in [0.1, 0.15) is 5.69 Å². The minimum absolute atomic E-state index is 0.773. The zero-order valence-corrected chi connectivity index (χ0v) is 13.6. The van der Waals surface area contributed by atoms with Crippen molar-refractivity contribution in [3.8, 4) is 10.6 Å². The molecular formula is C17H16ClN3S. The number of nitrogens with zero attached hydrogens (tertiary/aromatic N) is 2. The van der Waals surface area contributed by atoms with Crippen molar-refractivity contribution in [2.75, 3.05) is 6.54 Å². The Bertz CT molecular complexity index is 775. The first-order valence-corrected chi connectivity index (χ1v) is 8.64. The first kappa shape index (κ1) is 14.0. The van der Waals surface area contributed by atoms with Gasteiger partial charge >= 0.3 is 0 Å². The van der Waals surface area contributed by atoms with E-state index in [2.05, 4.69) is 39.6 Å². The lowest BCUT2D eigenvalue weighted by Gasteiger charge is -2.15. The van der Waals surface area contributed by atoms with E-state index < -0.39 is 0 Å². The SMILES string of the molecule is Clc1ccc(Cn2nc(-c3cccs3)c3c2CCNC3)cc1. The van der Waals surface area contributed by atoms with Gasteiger partial charge in [-0.25, -0.2) is 0 Å². The standard InChI is InChI=1S/C17H16ClN3S/c18-13-5-3-12(4-6-13)11-21-15-7-8-19-10-14(15)17(20-21)16-2-1-9-22-16/h1-6,9,19H,7-8,10-11H2. The molecule has 0 radical (unpaired) electrons. The van der Waals surface area contributed by atoms with Crippen LogP contribution in [0, 0.1) is 0 Å². The molecule has 4 rings (SSSR count). The summed E-state index contributed by atoms with van der Waals surface area (Å²) in [6.45, 7) is 2.72. The Labute approximate surface area is 138 Å². The van der Waals surface area contributed by atoms with Gasteiger partial charge in [-0.05, 0) is 29.1 Å². The number of aromatic nitrogens is 2. The molecule has 1 aliphatic heterocycles. The fourth-order valence-corrected chi connectivity index (χ4v) is 3.79. The smallest absolute Gasteiger partial charge is 0.107 e. The molecule has 0 unspecified atom stereocenters. The molecule has 5 heteroatoms. The minimum atomic E-state index is 0.773. The van der Waals surface area contributed by atoms with Gasteiger partial charge in [0.2, 0.25) is 0 Å². The van der Waals surface area contributed by atoms with Gasteiger partial charge in [0.25, 0.3) is 0 Å². The predicted octanol–water partition coefficient (Wildman–Crippen LogP) is 3.96. The number of benzene rings is 1. The fourth-order valence-electron chi connectivity index (χ4n) is 2.92. The van der Waals surface area contributed by atoms with Crippen LogP contribution >= 0.6 is 22.9 Å². The van der Waals surface area contributed by atoms with Crippen LogP contribution in [0.1, 0.15) is 16.8 Å². The molecule has 0 aliphatic carbocycles. The molecule has 2 aromatic heterocycles. The first-order valence-electron chi connectivity index (χ1n) is 7.39. The van der Waals surface area contributed by atoms with E-state index in [0.29, 0.717) is 0 Å². The number of rotatable bonds is 3. The van der Waals surface area contributed by atoms with Crippen LogP contribution in [-0.4, -0.2) is 16.3 Å². The lowest BCUT2D eigenvalue weighted by Crippen LogP contribution is -2.25. The average Bonchev–Trinajstić information content (AvgIpc) is 3.18. The summed E-state index contributed by atoms with van der Waals surface area (Å²) < 4.78 is 2.16. The lowest BCUT2D eigenvalue weighted by atomic mass is 10.1. The fraction of sp³-hybridized carbons (Fsp3) is 0.235. The van der Waals surface area contributed by atoms with Crippen molar-refractivity contribution in [1.29, 1.82) is 0 Å². The highest BCUT2D eigenvalue weighted by Crippen LogP contribution is 2.31. The van der Waals surface area contributed by atoms with Crippen LogP contribution in [0.3, 0.4) is 0 Å². The molecule has 3 nitrogen and oxygen atoms in total. The summed E-state index contributed by atoms with van der Waals surface area (Å²) in [5.74, 6) is 0. The molecule has 1 N–H and O–H groups in total. The zero-order chi connectivity index (χ0) is 14.9. The number of halogens is 1. The third kappa shape index (κ3) is 2.58. The van der Waals surface area contributed by atoms with Crippen LogP contribution in [0.25, 0.3) is 10.6 Å². The van der Waals surface area contributed by atoms with Crippen LogP contribution in [-0.2, 0) is 19.5 Å². The van der Waals surface area contributed by atoms with Crippen LogP contribution in [0.4, 0.5) is 0 Å². The molecule has 0 bridgehead atoms. The molecule has 3 heterocycles. The Morgan fingerprint density at radius 3 is 2.86 bits per heavy atom. The first-order chi connectivity index (χ1) is 10.8. The quantitative estimate of drug-likeness (QED) is 0.788. The van der Waals surface area contributed by atoms with Crippen molar-refractivity contribution in [1.82, 2.24) is 15.1 Å². The Morgan fingerprint density at radius 2 is 2.09 bits per heavy atom. The number of hydrogen-bond acceptors (Lipinski definition) is 3. The van der Waals surface area contributed by atoms with E-state index >= 15 is 0 Å². The average molecular weight is 330 g/mol. The molecule has 1 aromatic carbocycles. The van der Waals surface area contributed by atoms with Crippen LogP contribution in [0.2, 0.25) is 5.02 Å². The molecular weight excluding hydrogens is 314 g/mol. The third-order valence-corrected chi connectivity index (χ3v) is 5.14. The van der Waals surface area contributed by atoms with E-state index in [-0.39, 0.29) is 0 Å². The Morgan fingerprint density at radius 1 is 1.23 bits per heavy atom. The summed E-state index contributed by atoms with van der Waals surface area (Å²) in [7, 11) is 0. The highest BCUT2D eigenvalue weighted by Gasteiger charge is 2.21. The Balaban J connectivity index is 1.74. The van der Waals surface area contributed by atoms with Crippen molar-refractivity contribution >= 4 is 22.9 Å². The molecule has 0 saturated carbocycles. The summed E-state index contributed by atoms with van der Waals surface area (Å²) in [4.78, 5) is 1.25.